The third-order valence-corrected chi connectivity index (χ3v) is 1.29. The van der Waals surface area contributed by atoms with Crippen LogP contribution < -0.4 is 5.32 Å². The maximum Gasteiger partial charge on any atom is 0.383 e. The Kier molecular flexibility index (Phi) is 3.84. The number of carbonyl (C=O) groups is 2. The van der Waals surface area contributed by atoms with Gasteiger partial charge in [0.05, 0.1) is 0 Å². The van der Waals surface area contributed by atoms with E-state index >= 15 is 0 Å². The van der Waals surface area contributed by atoms with Gasteiger partial charge < -0.3 is 10.4 Å². The van der Waals surface area contributed by atoms with Gasteiger partial charge in [0, 0.05) is 0 Å². The molecule has 0 saturated carbocycles. The Hall–Kier alpha value is -1.34. The topological polar surface area (TPSA) is 66.4 Å². The molecule has 0 saturated heterocycles. The smallest absolute Gasteiger partial charge is 0.383 e. The summed E-state index contributed by atoms with van der Waals surface area (Å²) in [7, 11) is 0. The molecule has 2 N–H and O–H groups in total. The maximum absolute atomic E-state index is 12.2. The third-order valence-electron chi connectivity index (χ3n) is 1.29. The largest absolute Gasteiger partial charge is 0.480 e. The monoisotopic (exact) mass is 217 g/mol. The molecule has 0 aliphatic carbocycles. The summed E-state index contributed by atoms with van der Waals surface area (Å²) in [6.45, 7) is 0.877. The molecule has 82 valence electrons. The van der Waals surface area contributed by atoms with Crippen LogP contribution in [-0.4, -0.2) is 35.4 Å². The zero-order valence-corrected chi connectivity index (χ0v) is 6.93. The predicted molar refractivity (Wildman–Crippen MR) is 36.2 cm³/mol. The van der Waals surface area contributed by atoms with Gasteiger partial charge in [0.25, 0.3) is 5.91 Å². The number of carbonyl (C=O) groups excluding carboxylic acids is 1. The Morgan fingerprint density at radius 2 is 1.79 bits per heavy atom. The van der Waals surface area contributed by atoms with E-state index < -0.39 is 30.3 Å². The van der Waals surface area contributed by atoms with Gasteiger partial charge in [-0.05, 0) is 6.92 Å². The fourth-order valence-corrected chi connectivity index (χ4v) is 0.454. The van der Waals surface area contributed by atoms with Crippen molar-refractivity contribution < 1.29 is 32.3 Å². The van der Waals surface area contributed by atoms with Crippen molar-refractivity contribution >= 4 is 11.9 Å². The van der Waals surface area contributed by atoms with Crippen molar-refractivity contribution in [2.45, 2.75) is 25.3 Å². The standard InChI is InChI=1S/C6H7F4NO3/c1-2(3(12)13)11-5(14)6(9,10)4(7)8/h2,4H,1H3,(H,11,14)(H,12,13)/t2-/m1/s1. The summed E-state index contributed by atoms with van der Waals surface area (Å²) in [5, 5.41) is 9.42. The minimum Gasteiger partial charge on any atom is -0.480 e. The highest BCUT2D eigenvalue weighted by Crippen LogP contribution is 2.22. The molecule has 14 heavy (non-hydrogen) atoms. The quantitative estimate of drug-likeness (QED) is 0.673. The van der Waals surface area contributed by atoms with Crippen molar-refractivity contribution in [2.24, 2.45) is 0 Å². The zero-order chi connectivity index (χ0) is 11.5. The number of carboxylic acids is 1. The van der Waals surface area contributed by atoms with Crippen LogP contribution in [0.3, 0.4) is 0 Å². The highest BCUT2D eigenvalue weighted by Gasteiger charge is 2.49. The van der Waals surface area contributed by atoms with Crippen LogP contribution in [0.15, 0.2) is 0 Å². The van der Waals surface area contributed by atoms with Crippen LogP contribution in [0.1, 0.15) is 6.92 Å². The lowest BCUT2D eigenvalue weighted by atomic mass is 10.3. The fourth-order valence-electron chi connectivity index (χ4n) is 0.454. The van der Waals surface area contributed by atoms with Gasteiger partial charge in [0.15, 0.2) is 0 Å². The Labute approximate surface area is 75.9 Å². The van der Waals surface area contributed by atoms with Crippen molar-refractivity contribution in [3.05, 3.63) is 0 Å². The number of halogens is 4. The fraction of sp³-hybridized carbons (Fsp3) is 0.667. The van der Waals surface area contributed by atoms with E-state index in [4.69, 9.17) is 5.11 Å². The van der Waals surface area contributed by atoms with E-state index in [-0.39, 0.29) is 0 Å². The minimum atomic E-state index is -4.87. The number of rotatable bonds is 4. The van der Waals surface area contributed by atoms with Gasteiger partial charge in [-0.2, -0.15) is 8.78 Å². The normalized spacial score (nSPS) is 13.9. The van der Waals surface area contributed by atoms with E-state index in [0.717, 1.165) is 6.92 Å². The van der Waals surface area contributed by atoms with E-state index in [1.807, 2.05) is 0 Å². The van der Waals surface area contributed by atoms with E-state index in [1.165, 1.54) is 5.32 Å². The number of carboxylic acid groups (broad SMARTS) is 1. The van der Waals surface area contributed by atoms with Gasteiger partial charge in [0.2, 0.25) is 0 Å². The Balaban J connectivity index is 4.42. The first-order chi connectivity index (χ1) is 6.19. The van der Waals surface area contributed by atoms with Crippen molar-refractivity contribution in [1.29, 1.82) is 0 Å². The molecule has 0 aromatic rings. The van der Waals surface area contributed by atoms with Crippen LogP contribution in [0.2, 0.25) is 0 Å². The molecular weight excluding hydrogens is 210 g/mol. The number of hydrogen-bond acceptors (Lipinski definition) is 2. The molecule has 0 spiro atoms. The van der Waals surface area contributed by atoms with Crippen LogP contribution in [-0.2, 0) is 9.59 Å². The lowest BCUT2D eigenvalue weighted by Gasteiger charge is -2.16. The van der Waals surface area contributed by atoms with Crippen LogP contribution in [0.4, 0.5) is 17.6 Å². The van der Waals surface area contributed by atoms with Gasteiger partial charge in [-0.1, -0.05) is 0 Å². The van der Waals surface area contributed by atoms with Crippen molar-refractivity contribution in [3.8, 4) is 0 Å². The first kappa shape index (κ1) is 12.7. The average molecular weight is 217 g/mol. The minimum absolute atomic E-state index is 0.877. The van der Waals surface area contributed by atoms with E-state index in [9.17, 15) is 27.2 Å². The zero-order valence-electron chi connectivity index (χ0n) is 6.93. The number of nitrogens with one attached hydrogen (secondary N) is 1. The summed E-state index contributed by atoms with van der Waals surface area (Å²) in [6, 6.07) is -1.65. The van der Waals surface area contributed by atoms with Gasteiger partial charge in [-0.3, -0.25) is 9.59 Å². The predicted octanol–water partition coefficient (Wildman–Crippen LogP) is 0.476. The van der Waals surface area contributed by atoms with Crippen molar-refractivity contribution in [1.82, 2.24) is 5.32 Å². The number of hydrogen-bond donors (Lipinski definition) is 2. The van der Waals surface area contributed by atoms with Gasteiger partial charge in [-0.25, -0.2) is 8.78 Å². The molecule has 0 aromatic heterocycles. The molecule has 0 bridgehead atoms. The maximum atomic E-state index is 12.2. The molecule has 0 heterocycles. The molecule has 8 heteroatoms. The molecule has 1 atom stereocenters. The molecule has 0 radical (unpaired) electrons. The summed E-state index contributed by atoms with van der Waals surface area (Å²) in [4.78, 5) is 20.5. The molecule has 0 aliphatic heterocycles. The Bertz CT molecular complexity index is 243. The molecule has 0 aliphatic rings. The molecule has 0 rings (SSSR count). The first-order valence-corrected chi connectivity index (χ1v) is 3.39. The van der Waals surface area contributed by atoms with Gasteiger partial charge >= 0.3 is 18.3 Å². The summed E-state index contributed by atoms with van der Waals surface area (Å²) in [5.41, 5.74) is 0. The van der Waals surface area contributed by atoms with Crippen molar-refractivity contribution in [3.63, 3.8) is 0 Å². The first-order valence-electron chi connectivity index (χ1n) is 3.39. The van der Waals surface area contributed by atoms with Crippen LogP contribution in [0.25, 0.3) is 0 Å². The summed E-state index contributed by atoms with van der Waals surface area (Å²) in [5.74, 6) is -8.77. The van der Waals surface area contributed by atoms with Gasteiger partial charge in [0.1, 0.15) is 6.04 Å². The summed E-state index contributed by atoms with van der Waals surface area (Å²) < 4.78 is 47.5. The van der Waals surface area contributed by atoms with E-state index in [0.29, 0.717) is 0 Å². The third kappa shape index (κ3) is 2.86. The number of aliphatic carboxylic acids is 1. The number of amides is 1. The molecular formula is C6H7F4NO3. The Morgan fingerprint density at radius 3 is 2.07 bits per heavy atom. The highest BCUT2D eigenvalue weighted by molar-refractivity contribution is 5.88. The number of alkyl halides is 4. The SMILES string of the molecule is C[C@@H](NC(=O)C(F)(F)C(F)F)C(=O)O. The molecule has 0 aromatic carbocycles. The molecule has 0 unspecified atom stereocenters. The second-order valence-electron chi connectivity index (χ2n) is 2.46. The van der Waals surface area contributed by atoms with Crippen LogP contribution in [0.5, 0.6) is 0 Å². The van der Waals surface area contributed by atoms with Gasteiger partial charge in [-0.15, -0.1) is 0 Å². The lowest BCUT2D eigenvalue weighted by molar-refractivity contribution is -0.171. The van der Waals surface area contributed by atoms with Crippen LogP contribution in [0, 0.1) is 0 Å². The summed E-state index contributed by atoms with van der Waals surface area (Å²) >= 11 is 0. The van der Waals surface area contributed by atoms with Crippen LogP contribution >= 0.6 is 0 Å². The highest BCUT2D eigenvalue weighted by atomic mass is 19.3. The second-order valence-corrected chi connectivity index (χ2v) is 2.46. The second kappa shape index (κ2) is 4.25. The Morgan fingerprint density at radius 1 is 1.36 bits per heavy atom. The lowest BCUT2D eigenvalue weighted by Crippen LogP contribution is -2.50. The molecule has 1 amide bonds. The van der Waals surface area contributed by atoms with E-state index in [1.54, 1.807) is 0 Å². The van der Waals surface area contributed by atoms with Crippen molar-refractivity contribution in [2.75, 3.05) is 0 Å². The summed E-state index contributed by atoms with van der Waals surface area (Å²) in [6.07, 6.45) is -4.16. The average Bonchev–Trinajstić information content (AvgIpc) is 2.03. The molecule has 4 nitrogen and oxygen atoms in total. The van der Waals surface area contributed by atoms with E-state index in [2.05, 4.69) is 0 Å². The molecule has 0 fully saturated rings.